The standard InChI is InChI=1S/C23H16ClN3O5/c24-20-13-15(9-10-21(20)32-14-16-5-4-8-18(11-16)27(30)31)12-19-22(28)25-26(23(19)29)17-6-2-1-3-7-17/h1-13H,14H2,(H,25,28)/b19-12-. The van der Waals surface area contributed by atoms with E-state index < -0.39 is 16.7 Å². The molecule has 1 aliphatic heterocycles. The van der Waals surface area contributed by atoms with Gasteiger partial charge in [0.1, 0.15) is 17.9 Å². The smallest absolute Gasteiger partial charge is 0.282 e. The summed E-state index contributed by atoms with van der Waals surface area (Å²) in [5, 5.41) is 12.4. The van der Waals surface area contributed by atoms with Gasteiger partial charge in [0, 0.05) is 12.1 Å². The number of rotatable bonds is 6. The van der Waals surface area contributed by atoms with Crippen LogP contribution in [0.1, 0.15) is 11.1 Å². The second-order valence-electron chi connectivity index (χ2n) is 6.88. The molecule has 1 heterocycles. The minimum atomic E-state index is -0.513. The molecular formula is C23H16ClN3O5. The summed E-state index contributed by atoms with van der Waals surface area (Å²) < 4.78 is 5.67. The van der Waals surface area contributed by atoms with E-state index in [0.717, 1.165) is 0 Å². The zero-order chi connectivity index (χ0) is 22.7. The molecule has 0 aromatic heterocycles. The van der Waals surface area contributed by atoms with Crippen molar-refractivity contribution in [3.63, 3.8) is 0 Å². The van der Waals surface area contributed by atoms with E-state index in [9.17, 15) is 19.7 Å². The number of hydrogen-bond donors (Lipinski definition) is 1. The molecule has 0 unspecified atom stereocenters. The van der Waals surface area contributed by atoms with Gasteiger partial charge in [0.2, 0.25) is 0 Å². The van der Waals surface area contributed by atoms with Crippen molar-refractivity contribution in [2.24, 2.45) is 0 Å². The summed E-state index contributed by atoms with van der Waals surface area (Å²) in [7, 11) is 0. The minimum absolute atomic E-state index is 0.0183. The number of hydrogen-bond acceptors (Lipinski definition) is 5. The number of para-hydroxylation sites is 1. The molecule has 1 fully saturated rings. The normalized spacial score (nSPS) is 14.5. The lowest BCUT2D eigenvalue weighted by molar-refractivity contribution is -0.384. The van der Waals surface area contributed by atoms with Crippen molar-refractivity contribution in [2.75, 3.05) is 5.01 Å². The maximum Gasteiger partial charge on any atom is 0.282 e. The Kier molecular flexibility index (Phi) is 5.87. The number of halogens is 1. The van der Waals surface area contributed by atoms with Crippen molar-refractivity contribution in [1.29, 1.82) is 0 Å². The Balaban J connectivity index is 1.49. The van der Waals surface area contributed by atoms with E-state index in [1.54, 1.807) is 54.6 Å². The van der Waals surface area contributed by atoms with E-state index in [1.807, 2.05) is 6.07 Å². The molecule has 9 heteroatoms. The molecule has 4 rings (SSSR count). The third kappa shape index (κ3) is 4.45. The van der Waals surface area contributed by atoms with Crippen LogP contribution < -0.4 is 15.2 Å². The van der Waals surface area contributed by atoms with Gasteiger partial charge in [-0.25, -0.2) is 5.01 Å². The Morgan fingerprint density at radius 3 is 2.53 bits per heavy atom. The third-order valence-corrected chi connectivity index (χ3v) is 4.98. The van der Waals surface area contributed by atoms with Crippen molar-refractivity contribution in [3.8, 4) is 5.75 Å². The van der Waals surface area contributed by atoms with Crippen LogP contribution in [-0.4, -0.2) is 16.7 Å². The maximum absolute atomic E-state index is 12.7. The first kappa shape index (κ1) is 21.1. The Morgan fingerprint density at radius 2 is 1.81 bits per heavy atom. The highest BCUT2D eigenvalue weighted by Crippen LogP contribution is 2.29. The van der Waals surface area contributed by atoms with Gasteiger partial charge in [0.15, 0.2) is 0 Å². The number of nitrogens with one attached hydrogen (secondary N) is 1. The molecule has 2 amide bonds. The van der Waals surface area contributed by atoms with Gasteiger partial charge in [-0.05, 0) is 41.5 Å². The Hall–Kier alpha value is -4.17. The summed E-state index contributed by atoms with van der Waals surface area (Å²) in [4.78, 5) is 35.4. The van der Waals surface area contributed by atoms with E-state index in [0.29, 0.717) is 22.6 Å². The number of nitro benzene ring substituents is 1. The third-order valence-electron chi connectivity index (χ3n) is 4.69. The molecule has 3 aromatic carbocycles. The first-order valence-corrected chi connectivity index (χ1v) is 9.88. The van der Waals surface area contributed by atoms with Gasteiger partial charge in [-0.2, -0.15) is 0 Å². The number of carbonyl (C=O) groups is 2. The molecule has 0 radical (unpaired) electrons. The number of non-ortho nitro benzene ring substituents is 1. The zero-order valence-corrected chi connectivity index (χ0v) is 17.3. The molecule has 0 saturated carbocycles. The van der Waals surface area contributed by atoms with Crippen LogP contribution in [0.2, 0.25) is 5.02 Å². The molecule has 8 nitrogen and oxygen atoms in total. The van der Waals surface area contributed by atoms with Gasteiger partial charge in [0.25, 0.3) is 17.5 Å². The van der Waals surface area contributed by atoms with Crippen LogP contribution in [0.15, 0.2) is 78.4 Å². The van der Waals surface area contributed by atoms with Gasteiger partial charge in [-0.1, -0.05) is 48.0 Å². The van der Waals surface area contributed by atoms with Crippen LogP contribution in [0.3, 0.4) is 0 Å². The van der Waals surface area contributed by atoms with Gasteiger partial charge < -0.3 is 4.74 Å². The van der Waals surface area contributed by atoms with Crippen LogP contribution in [0, 0.1) is 10.1 Å². The van der Waals surface area contributed by atoms with E-state index in [-0.39, 0.29) is 22.9 Å². The van der Waals surface area contributed by atoms with Crippen LogP contribution in [0.4, 0.5) is 11.4 Å². The molecule has 0 spiro atoms. The maximum atomic E-state index is 12.7. The fourth-order valence-electron chi connectivity index (χ4n) is 3.13. The van der Waals surface area contributed by atoms with Gasteiger partial charge in [0.05, 0.1) is 15.6 Å². The number of nitrogens with zero attached hydrogens (tertiary/aromatic N) is 2. The highest BCUT2D eigenvalue weighted by Gasteiger charge is 2.34. The summed E-state index contributed by atoms with van der Waals surface area (Å²) in [5.41, 5.74) is 4.22. The highest BCUT2D eigenvalue weighted by molar-refractivity contribution is 6.33. The SMILES string of the molecule is O=C1NN(c2ccccc2)C(=O)/C1=C\c1ccc(OCc2cccc([N+](=O)[O-])c2)c(Cl)c1. The van der Waals surface area contributed by atoms with E-state index in [4.69, 9.17) is 16.3 Å². The first-order valence-electron chi connectivity index (χ1n) is 9.50. The number of carbonyl (C=O) groups excluding carboxylic acids is 2. The number of hydrazine groups is 1. The highest BCUT2D eigenvalue weighted by atomic mass is 35.5. The monoisotopic (exact) mass is 449 g/mol. The molecule has 1 saturated heterocycles. The van der Waals surface area contributed by atoms with Gasteiger partial charge in [-0.3, -0.25) is 25.1 Å². The average molecular weight is 450 g/mol. The molecule has 0 bridgehead atoms. The second-order valence-corrected chi connectivity index (χ2v) is 7.29. The zero-order valence-electron chi connectivity index (χ0n) is 16.5. The summed E-state index contributed by atoms with van der Waals surface area (Å²) in [5.74, 6) is -0.613. The molecular weight excluding hydrogens is 434 g/mol. The summed E-state index contributed by atoms with van der Waals surface area (Å²) in [6.45, 7) is 0.0920. The van der Waals surface area contributed by atoms with E-state index in [1.165, 1.54) is 23.2 Å². The van der Waals surface area contributed by atoms with Crippen LogP contribution >= 0.6 is 11.6 Å². The fourth-order valence-corrected chi connectivity index (χ4v) is 3.37. The lowest BCUT2D eigenvalue weighted by atomic mass is 10.1. The Bertz CT molecular complexity index is 1240. The predicted octanol–water partition coefficient (Wildman–Crippen LogP) is 4.29. The largest absolute Gasteiger partial charge is 0.487 e. The fraction of sp³-hybridized carbons (Fsp3) is 0.0435. The van der Waals surface area contributed by atoms with E-state index in [2.05, 4.69) is 5.43 Å². The van der Waals surface area contributed by atoms with Gasteiger partial charge in [-0.15, -0.1) is 0 Å². The predicted molar refractivity (Wildman–Crippen MR) is 119 cm³/mol. The van der Waals surface area contributed by atoms with Crippen LogP contribution in [-0.2, 0) is 16.2 Å². The molecule has 32 heavy (non-hydrogen) atoms. The quantitative estimate of drug-likeness (QED) is 0.262. The average Bonchev–Trinajstić information content (AvgIpc) is 3.07. The van der Waals surface area contributed by atoms with Gasteiger partial charge >= 0.3 is 0 Å². The van der Waals surface area contributed by atoms with Crippen molar-refractivity contribution in [2.45, 2.75) is 6.61 Å². The summed E-state index contributed by atoms with van der Waals surface area (Å²) >= 11 is 6.30. The number of ether oxygens (including phenoxy) is 1. The number of benzene rings is 3. The molecule has 1 N–H and O–H groups in total. The number of anilines is 1. The van der Waals surface area contributed by atoms with Crippen molar-refractivity contribution in [1.82, 2.24) is 5.43 Å². The molecule has 3 aromatic rings. The lowest BCUT2D eigenvalue weighted by Crippen LogP contribution is -2.35. The second kappa shape index (κ2) is 8.91. The molecule has 0 atom stereocenters. The first-order chi connectivity index (χ1) is 15.4. The van der Waals surface area contributed by atoms with Crippen molar-refractivity contribution < 1.29 is 19.2 Å². The number of amides is 2. The molecule has 160 valence electrons. The van der Waals surface area contributed by atoms with Crippen LogP contribution in [0.5, 0.6) is 5.75 Å². The summed E-state index contributed by atoms with van der Waals surface area (Å²) in [6.07, 6.45) is 1.46. The topological polar surface area (TPSA) is 102 Å². The number of nitro groups is 1. The molecule has 0 aliphatic carbocycles. The molecule has 1 aliphatic rings. The lowest BCUT2D eigenvalue weighted by Gasteiger charge is -2.13. The Labute approximate surface area is 187 Å². The van der Waals surface area contributed by atoms with Crippen molar-refractivity contribution in [3.05, 3.63) is 105 Å². The van der Waals surface area contributed by atoms with Crippen LogP contribution in [0.25, 0.3) is 6.08 Å². The summed E-state index contributed by atoms with van der Waals surface area (Å²) in [6, 6.07) is 19.7. The van der Waals surface area contributed by atoms with Crippen molar-refractivity contribution >= 4 is 40.9 Å². The van der Waals surface area contributed by atoms with E-state index >= 15 is 0 Å². The Morgan fingerprint density at radius 1 is 1.03 bits per heavy atom. The minimum Gasteiger partial charge on any atom is -0.487 e.